The molecule has 7 heteroatoms. The molecule has 0 aliphatic heterocycles. The molecule has 0 bridgehead atoms. The summed E-state index contributed by atoms with van der Waals surface area (Å²) in [5.41, 5.74) is 1.65. The molecular formula is C19H14N2O2S3. The fraction of sp³-hybridized carbons (Fsp3) is 0.0526. The van der Waals surface area contributed by atoms with Gasteiger partial charge >= 0.3 is 0 Å². The Hall–Kier alpha value is -2.35. The molecule has 0 atom stereocenters. The minimum Gasteiger partial charge on any atom is -0.508 e. The topological polar surface area (TPSA) is 66.0 Å². The Bertz CT molecular complexity index is 1160. The highest BCUT2D eigenvalue weighted by atomic mass is 32.2. The van der Waals surface area contributed by atoms with Gasteiger partial charge in [0.2, 0.25) is 0 Å². The first kappa shape index (κ1) is 17.1. The van der Waals surface area contributed by atoms with Crippen molar-refractivity contribution in [2.45, 2.75) is 0 Å². The molecule has 4 rings (SSSR count). The van der Waals surface area contributed by atoms with Crippen molar-refractivity contribution in [3.8, 4) is 16.2 Å². The summed E-state index contributed by atoms with van der Waals surface area (Å²) < 4.78 is 0. The molecule has 0 aliphatic rings. The van der Waals surface area contributed by atoms with Crippen molar-refractivity contribution in [2.24, 2.45) is 0 Å². The third kappa shape index (κ3) is 3.21. The van der Waals surface area contributed by atoms with Crippen molar-refractivity contribution in [3.63, 3.8) is 0 Å². The number of phenols is 1. The SMILES string of the molecule is CS/C(=C\c1cccc(O)c1)c1nc2scc(-c3cccs3)c2c(=O)[nH]1. The first-order valence-corrected chi connectivity index (χ1v) is 10.7. The second-order valence-electron chi connectivity index (χ2n) is 5.53. The number of aromatic nitrogens is 2. The molecule has 0 fully saturated rings. The van der Waals surface area contributed by atoms with Gasteiger partial charge in [-0.25, -0.2) is 4.98 Å². The van der Waals surface area contributed by atoms with E-state index in [2.05, 4.69) is 9.97 Å². The number of nitrogens with zero attached hydrogens (tertiary/aromatic N) is 1. The number of thiophene rings is 2. The van der Waals surface area contributed by atoms with Gasteiger partial charge in [0.1, 0.15) is 16.4 Å². The Kier molecular flexibility index (Phi) is 4.67. The van der Waals surface area contributed by atoms with Crippen molar-refractivity contribution >= 4 is 55.6 Å². The number of H-pyrrole nitrogens is 1. The zero-order chi connectivity index (χ0) is 18.1. The van der Waals surface area contributed by atoms with Crippen LogP contribution in [0.1, 0.15) is 11.4 Å². The van der Waals surface area contributed by atoms with Gasteiger partial charge in [-0.2, -0.15) is 0 Å². The monoisotopic (exact) mass is 398 g/mol. The van der Waals surface area contributed by atoms with Gasteiger partial charge in [0, 0.05) is 15.8 Å². The Morgan fingerprint density at radius 1 is 1.27 bits per heavy atom. The van der Waals surface area contributed by atoms with Gasteiger partial charge in [0.25, 0.3) is 5.56 Å². The molecule has 3 heterocycles. The molecule has 130 valence electrons. The summed E-state index contributed by atoms with van der Waals surface area (Å²) >= 11 is 4.58. The molecule has 0 amide bonds. The van der Waals surface area contributed by atoms with E-state index in [-0.39, 0.29) is 11.3 Å². The van der Waals surface area contributed by atoms with Gasteiger partial charge < -0.3 is 10.1 Å². The highest BCUT2D eigenvalue weighted by molar-refractivity contribution is 8.07. The number of hydrogen-bond acceptors (Lipinski definition) is 6. The van der Waals surface area contributed by atoms with Crippen molar-refractivity contribution in [1.82, 2.24) is 9.97 Å². The molecule has 0 saturated carbocycles. The molecular weight excluding hydrogens is 384 g/mol. The lowest BCUT2D eigenvalue weighted by Gasteiger charge is -2.05. The number of benzene rings is 1. The third-order valence-electron chi connectivity index (χ3n) is 3.85. The predicted octanol–water partition coefficient (Wildman–Crippen LogP) is 5.28. The molecule has 4 aromatic rings. The number of fused-ring (bicyclic) bond motifs is 1. The summed E-state index contributed by atoms with van der Waals surface area (Å²) in [6.07, 6.45) is 3.84. The van der Waals surface area contributed by atoms with Crippen LogP contribution in [0.4, 0.5) is 0 Å². The zero-order valence-corrected chi connectivity index (χ0v) is 16.2. The Labute approximate surface area is 161 Å². The van der Waals surface area contributed by atoms with E-state index in [1.165, 1.54) is 23.1 Å². The number of rotatable bonds is 4. The lowest BCUT2D eigenvalue weighted by atomic mass is 10.2. The summed E-state index contributed by atoms with van der Waals surface area (Å²) in [5.74, 6) is 0.743. The third-order valence-corrected chi connectivity index (χ3v) is 6.38. The minimum atomic E-state index is -0.134. The summed E-state index contributed by atoms with van der Waals surface area (Å²) in [4.78, 5) is 23.0. The van der Waals surface area contributed by atoms with Crippen LogP contribution >= 0.6 is 34.4 Å². The molecule has 0 saturated heterocycles. The average molecular weight is 399 g/mol. The summed E-state index contributed by atoms with van der Waals surface area (Å²) in [6, 6.07) is 11.0. The van der Waals surface area contributed by atoms with E-state index >= 15 is 0 Å². The summed E-state index contributed by atoms with van der Waals surface area (Å²) in [7, 11) is 0. The van der Waals surface area contributed by atoms with Gasteiger partial charge in [-0.1, -0.05) is 18.2 Å². The second kappa shape index (κ2) is 7.11. The number of nitrogens with one attached hydrogen (secondary N) is 1. The molecule has 0 spiro atoms. The standard InChI is InChI=1S/C19H14N2O2S3/c1-24-15(9-11-4-2-5-12(22)8-11)17-20-18(23)16-13(10-26-19(16)21-17)14-6-3-7-25-14/h2-10,22H,1H3,(H,20,21,23)/b15-9-. The maximum Gasteiger partial charge on any atom is 0.260 e. The van der Waals surface area contributed by atoms with Crippen molar-refractivity contribution < 1.29 is 5.11 Å². The number of thioether (sulfide) groups is 1. The van der Waals surface area contributed by atoms with Gasteiger partial charge in [-0.3, -0.25) is 4.79 Å². The number of aromatic hydroxyl groups is 1. The predicted molar refractivity (Wildman–Crippen MR) is 113 cm³/mol. The fourth-order valence-corrected chi connectivity index (χ4v) is 4.97. The highest BCUT2D eigenvalue weighted by Crippen LogP contribution is 2.34. The number of aromatic amines is 1. The van der Waals surface area contributed by atoms with E-state index in [1.807, 2.05) is 41.3 Å². The summed E-state index contributed by atoms with van der Waals surface area (Å²) in [6.45, 7) is 0. The highest BCUT2D eigenvalue weighted by Gasteiger charge is 2.15. The Morgan fingerprint density at radius 2 is 2.15 bits per heavy atom. The number of hydrogen-bond donors (Lipinski definition) is 2. The van der Waals surface area contributed by atoms with Crippen LogP contribution in [0.3, 0.4) is 0 Å². The van der Waals surface area contributed by atoms with Gasteiger partial charge in [-0.15, -0.1) is 34.4 Å². The van der Waals surface area contributed by atoms with Crippen LogP contribution < -0.4 is 5.56 Å². The van der Waals surface area contributed by atoms with Crippen molar-refractivity contribution in [2.75, 3.05) is 6.26 Å². The normalized spacial score (nSPS) is 12.0. The quantitative estimate of drug-likeness (QED) is 0.491. The van der Waals surface area contributed by atoms with Crippen molar-refractivity contribution in [3.05, 3.63) is 68.9 Å². The van der Waals surface area contributed by atoms with Crippen LogP contribution in [0.15, 0.2) is 52.0 Å². The molecule has 1 aromatic carbocycles. The molecule has 2 N–H and O–H groups in total. The van der Waals surface area contributed by atoms with Crippen LogP contribution in [0.2, 0.25) is 0 Å². The Morgan fingerprint density at radius 3 is 2.88 bits per heavy atom. The fourth-order valence-electron chi connectivity index (χ4n) is 2.67. The van der Waals surface area contributed by atoms with Crippen molar-refractivity contribution in [1.29, 1.82) is 0 Å². The van der Waals surface area contributed by atoms with E-state index in [4.69, 9.17) is 0 Å². The molecule has 3 aromatic heterocycles. The summed E-state index contributed by atoms with van der Waals surface area (Å²) in [5, 5.41) is 14.3. The lowest BCUT2D eigenvalue weighted by Crippen LogP contribution is -2.10. The zero-order valence-electron chi connectivity index (χ0n) is 13.7. The van der Waals surface area contributed by atoms with E-state index in [0.29, 0.717) is 11.2 Å². The minimum absolute atomic E-state index is 0.134. The van der Waals surface area contributed by atoms with Gasteiger partial charge in [0.05, 0.1) is 10.3 Å². The largest absolute Gasteiger partial charge is 0.508 e. The van der Waals surface area contributed by atoms with E-state index < -0.39 is 0 Å². The molecule has 0 unspecified atom stereocenters. The van der Waals surface area contributed by atoms with E-state index in [9.17, 15) is 9.90 Å². The first-order valence-electron chi connectivity index (χ1n) is 7.76. The number of phenolic OH excluding ortho intramolecular Hbond substituents is 1. The van der Waals surface area contributed by atoms with Crippen LogP contribution in [0, 0.1) is 0 Å². The molecule has 0 radical (unpaired) electrons. The van der Waals surface area contributed by atoms with Gasteiger partial charge in [-0.05, 0) is 41.5 Å². The molecule has 4 nitrogen and oxygen atoms in total. The maximum atomic E-state index is 12.7. The molecule has 26 heavy (non-hydrogen) atoms. The Balaban J connectivity index is 1.83. The first-order chi connectivity index (χ1) is 12.7. The maximum absolute atomic E-state index is 12.7. The smallest absolute Gasteiger partial charge is 0.260 e. The van der Waals surface area contributed by atoms with Crippen LogP contribution in [0.5, 0.6) is 5.75 Å². The average Bonchev–Trinajstić information content (AvgIpc) is 3.29. The lowest BCUT2D eigenvalue weighted by molar-refractivity contribution is 0.475. The van der Waals surface area contributed by atoms with E-state index in [0.717, 1.165) is 25.7 Å². The van der Waals surface area contributed by atoms with Crippen LogP contribution in [0.25, 0.3) is 31.6 Å². The van der Waals surface area contributed by atoms with E-state index in [1.54, 1.807) is 29.5 Å². The van der Waals surface area contributed by atoms with Gasteiger partial charge in [0.15, 0.2) is 0 Å². The molecule has 0 aliphatic carbocycles. The van der Waals surface area contributed by atoms with Crippen LogP contribution in [-0.4, -0.2) is 21.3 Å². The van der Waals surface area contributed by atoms with Crippen LogP contribution in [-0.2, 0) is 0 Å². The second-order valence-corrected chi connectivity index (χ2v) is 8.18.